The van der Waals surface area contributed by atoms with Crippen LogP contribution in [-0.4, -0.2) is 18.2 Å². The molecule has 0 saturated carbocycles. The second-order valence-corrected chi connectivity index (χ2v) is 5.26. The van der Waals surface area contributed by atoms with E-state index in [9.17, 15) is 4.39 Å². The molecule has 2 rings (SSSR count). The molecule has 1 aromatic carbocycles. The Morgan fingerprint density at radius 2 is 2.11 bits per heavy atom. The Kier molecular flexibility index (Phi) is 4.01. The fourth-order valence-electron chi connectivity index (χ4n) is 2.23. The summed E-state index contributed by atoms with van der Waals surface area (Å²) in [6, 6.07) is 5.02. The zero-order valence-electron chi connectivity index (χ0n) is 10.4. The van der Waals surface area contributed by atoms with Crippen LogP contribution >= 0.6 is 12.2 Å². The molecule has 0 aliphatic carbocycles. The summed E-state index contributed by atoms with van der Waals surface area (Å²) in [4.78, 5) is 2.10. The van der Waals surface area contributed by atoms with E-state index in [1.807, 2.05) is 0 Å². The molecular weight excluding hydrogens is 249 g/mol. The van der Waals surface area contributed by atoms with Crippen LogP contribution in [0.15, 0.2) is 18.2 Å². The minimum atomic E-state index is -0.231. The van der Waals surface area contributed by atoms with Crippen molar-refractivity contribution in [1.29, 1.82) is 0 Å². The number of nitrogens with zero attached hydrogens (tertiary/aromatic N) is 1. The third-order valence-corrected chi connectivity index (χ3v) is 3.44. The van der Waals surface area contributed by atoms with Crippen LogP contribution in [0.3, 0.4) is 0 Å². The van der Waals surface area contributed by atoms with E-state index < -0.39 is 0 Å². The number of rotatable bonds is 2. The average molecular weight is 267 g/mol. The van der Waals surface area contributed by atoms with Gasteiger partial charge in [-0.25, -0.2) is 4.39 Å². The monoisotopic (exact) mass is 267 g/mol. The molecule has 0 atom stereocenters. The molecule has 3 N–H and O–H groups in total. The SMILES string of the molecule is CC1CCN(c2ccc(NC(N)=S)cc2F)CC1. The van der Waals surface area contributed by atoms with E-state index in [-0.39, 0.29) is 10.9 Å². The Balaban J connectivity index is 2.12. The molecule has 3 nitrogen and oxygen atoms in total. The van der Waals surface area contributed by atoms with Gasteiger partial charge in [0.1, 0.15) is 5.82 Å². The van der Waals surface area contributed by atoms with Gasteiger partial charge in [-0.1, -0.05) is 6.92 Å². The van der Waals surface area contributed by atoms with Crippen LogP contribution in [0.4, 0.5) is 15.8 Å². The number of nitrogens with two attached hydrogens (primary N) is 1. The molecule has 5 heteroatoms. The van der Waals surface area contributed by atoms with E-state index in [1.165, 1.54) is 6.07 Å². The molecule has 0 spiro atoms. The third kappa shape index (κ3) is 3.10. The second-order valence-electron chi connectivity index (χ2n) is 4.83. The Bertz CT molecular complexity index is 442. The van der Waals surface area contributed by atoms with E-state index in [0.29, 0.717) is 11.4 Å². The van der Waals surface area contributed by atoms with Gasteiger partial charge in [0.2, 0.25) is 0 Å². The van der Waals surface area contributed by atoms with Crippen LogP contribution in [0.5, 0.6) is 0 Å². The molecule has 1 fully saturated rings. The zero-order valence-corrected chi connectivity index (χ0v) is 11.3. The van der Waals surface area contributed by atoms with Gasteiger partial charge in [0.05, 0.1) is 5.69 Å². The van der Waals surface area contributed by atoms with Gasteiger partial charge in [-0.3, -0.25) is 0 Å². The van der Waals surface area contributed by atoms with Crippen LogP contribution < -0.4 is 16.0 Å². The van der Waals surface area contributed by atoms with Crippen LogP contribution in [0, 0.1) is 11.7 Å². The van der Waals surface area contributed by atoms with E-state index in [2.05, 4.69) is 17.1 Å². The maximum Gasteiger partial charge on any atom is 0.168 e. The van der Waals surface area contributed by atoms with Crippen molar-refractivity contribution in [1.82, 2.24) is 0 Å². The summed E-state index contributed by atoms with van der Waals surface area (Å²) in [5.41, 5.74) is 6.61. The third-order valence-electron chi connectivity index (χ3n) is 3.34. The number of nitrogens with one attached hydrogen (secondary N) is 1. The summed E-state index contributed by atoms with van der Waals surface area (Å²) >= 11 is 4.73. The van der Waals surface area contributed by atoms with Gasteiger partial charge in [-0.05, 0) is 49.2 Å². The molecule has 1 heterocycles. The molecule has 1 aliphatic heterocycles. The first-order valence-electron chi connectivity index (χ1n) is 6.17. The number of anilines is 2. The Hall–Kier alpha value is -1.36. The first-order valence-corrected chi connectivity index (χ1v) is 6.58. The molecule has 1 aliphatic rings. The highest BCUT2D eigenvalue weighted by Crippen LogP contribution is 2.27. The smallest absolute Gasteiger partial charge is 0.168 e. The highest BCUT2D eigenvalue weighted by atomic mass is 32.1. The predicted octanol–water partition coefficient (Wildman–Crippen LogP) is 2.72. The summed E-state index contributed by atoms with van der Waals surface area (Å²) in [6.45, 7) is 4.07. The standard InChI is InChI=1S/C13H18FN3S/c1-9-4-6-17(7-5-9)12-3-2-10(8-11(12)14)16-13(15)18/h2-3,8-9H,4-7H2,1H3,(H3,15,16,18). The molecule has 0 amide bonds. The highest BCUT2D eigenvalue weighted by molar-refractivity contribution is 7.80. The van der Waals surface area contributed by atoms with Crippen LogP contribution in [-0.2, 0) is 0 Å². The van der Waals surface area contributed by atoms with Gasteiger partial charge in [0.15, 0.2) is 5.11 Å². The number of benzene rings is 1. The largest absolute Gasteiger partial charge is 0.376 e. The van der Waals surface area contributed by atoms with Crippen LogP contribution in [0.1, 0.15) is 19.8 Å². The average Bonchev–Trinajstić information content (AvgIpc) is 2.30. The van der Waals surface area contributed by atoms with Crippen molar-refractivity contribution in [2.75, 3.05) is 23.3 Å². The lowest BCUT2D eigenvalue weighted by molar-refractivity contribution is 0.434. The molecule has 0 radical (unpaired) electrons. The number of thiocarbonyl (C=S) groups is 1. The molecule has 1 saturated heterocycles. The summed E-state index contributed by atoms with van der Waals surface area (Å²) in [7, 11) is 0. The maximum absolute atomic E-state index is 14.0. The van der Waals surface area contributed by atoms with Crippen molar-refractivity contribution in [3.63, 3.8) is 0 Å². The summed E-state index contributed by atoms with van der Waals surface area (Å²) < 4.78 is 14.0. The Morgan fingerprint density at radius 3 is 2.67 bits per heavy atom. The first-order chi connectivity index (χ1) is 8.56. The van der Waals surface area contributed by atoms with Gasteiger partial charge < -0.3 is 16.0 Å². The van der Waals surface area contributed by atoms with Gasteiger partial charge in [-0.2, -0.15) is 0 Å². The zero-order chi connectivity index (χ0) is 13.1. The van der Waals surface area contributed by atoms with Gasteiger partial charge in [0.25, 0.3) is 0 Å². The predicted molar refractivity (Wildman–Crippen MR) is 77.4 cm³/mol. The lowest BCUT2D eigenvalue weighted by Gasteiger charge is -2.32. The molecule has 0 bridgehead atoms. The summed E-state index contributed by atoms with van der Waals surface area (Å²) in [5, 5.41) is 2.88. The van der Waals surface area contributed by atoms with Gasteiger partial charge in [-0.15, -0.1) is 0 Å². The normalized spacial score (nSPS) is 16.7. The van der Waals surface area contributed by atoms with Crippen molar-refractivity contribution in [2.24, 2.45) is 11.7 Å². The topological polar surface area (TPSA) is 41.3 Å². The molecular formula is C13H18FN3S. The molecule has 0 aromatic heterocycles. The molecule has 98 valence electrons. The van der Waals surface area contributed by atoms with Crippen molar-refractivity contribution in [3.05, 3.63) is 24.0 Å². The summed E-state index contributed by atoms with van der Waals surface area (Å²) in [6.07, 6.45) is 2.23. The fraction of sp³-hybridized carbons (Fsp3) is 0.462. The van der Waals surface area contributed by atoms with Crippen LogP contribution in [0.2, 0.25) is 0 Å². The van der Waals surface area contributed by atoms with Gasteiger partial charge >= 0.3 is 0 Å². The van der Waals surface area contributed by atoms with Gasteiger partial charge in [0, 0.05) is 18.8 Å². The van der Waals surface area contributed by atoms with E-state index in [1.54, 1.807) is 12.1 Å². The maximum atomic E-state index is 14.0. The molecule has 1 aromatic rings. The Morgan fingerprint density at radius 1 is 1.44 bits per heavy atom. The quantitative estimate of drug-likeness (QED) is 0.808. The van der Waals surface area contributed by atoms with Crippen molar-refractivity contribution in [2.45, 2.75) is 19.8 Å². The number of piperidine rings is 1. The number of hydrogen-bond donors (Lipinski definition) is 2. The first kappa shape index (κ1) is 13.1. The van der Waals surface area contributed by atoms with Crippen molar-refractivity contribution < 1.29 is 4.39 Å². The van der Waals surface area contributed by atoms with E-state index in [4.69, 9.17) is 18.0 Å². The highest BCUT2D eigenvalue weighted by Gasteiger charge is 2.18. The minimum Gasteiger partial charge on any atom is -0.376 e. The molecule has 0 unspecified atom stereocenters. The van der Waals surface area contributed by atoms with Crippen molar-refractivity contribution >= 4 is 28.7 Å². The summed E-state index contributed by atoms with van der Waals surface area (Å²) in [5.74, 6) is 0.505. The lowest BCUT2D eigenvalue weighted by atomic mass is 9.99. The van der Waals surface area contributed by atoms with Crippen LogP contribution in [0.25, 0.3) is 0 Å². The van der Waals surface area contributed by atoms with E-state index >= 15 is 0 Å². The minimum absolute atomic E-state index is 0.147. The second kappa shape index (κ2) is 5.52. The Labute approximate surface area is 112 Å². The van der Waals surface area contributed by atoms with Crippen molar-refractivity contribution in [3.8, 4) is 0 Å². The fourth-order valence-corrected chi connectivity index (χ4v) is 2.35. The van der Waals surface area contributed by atoms with E-state index in [0.717, 1.165) is 31.8 Å². The lowest BCUT2D eigenvalue weighted by Crippen LogP contribution is -2.33. The number of halogens is 1. The molecule has 18 heavy (non-hydrogen) atoms. The number of hydrogen-bond acceptors (Lipinski definition) is 2.